The number of aromatic carboxylic acids is 2. The van der Waals surface area contributed by atoms with Crippen molar-refractivity contribution in [3.05, 3.63) is 102 Å². The van der Waals surface area contributed by atoms with Crippen molar-refractivity contribution >= 4 is 74.3 Å². The van der Waals surface area contributed by atoms with Crippen molar-refractivity contribution < 1.29 is 28.6 Å². The van der Waals surface area contributed by atoms with Gasteiger partial charge in [0.15, 0.2) is 16.3 Å². The molecule has 0 aliphatic rings. The van der Waals surface area contributed by atoms with Crippen LogP contribution in [0.2, 0.25) is 0 Å². The van der Waals surface area contributed by atoms with Crippen LogP contribution in [0.15, 0.2) is 78.0 Å². The zero-order chi connectivity index (χ0) is 27.6. The first-order valence-electron chi connectivity index (χ1n) is 11.8. The summed E-state index contributed by atoms with van der Waals surface area (Å²) in [6.07, 6.45) is 2.40. The van der Waals surface area contributed by atoms with Crippen molar-refractivity contribution in [3.8, 4) is 0 Å². The van der Waals surface area contributed by atoms with E-state index in [0.29, 0.717) is 34.9 Å². The SMILES string of the molecule is CCCc1c2oc(C(=O)O)cc(=O)c2cc2c(=O)cc(C(=O)O)n(CC)c12.O=c1ccoc2ccccc12.[NaH]. The minimum atomic E-state index is -1.39. The van der Waals surface area contributed by atoms with Crippen LogP contribution in [0.4, 0.5) is 0 Å². The molecule has 196 valence electrons. The van der Waals surface area contributed by atoms with Gasteiger partial charge in [-0.2, -0.15) is 0 Å². The van der Waals surface area contributed by atoms with Gasteiger partial charge in [0.2, 0.25) is 5.76 Å². The molecule has 3 heterocycles. The molecular weight excluding hydrogens is 517 g/mol. The van der Waals surface area contributed by atoms with Crippen LogP contribution in [-0.4, -0.2) is 56.3 Å². The van der Waals surface area contributed by atoms with Crippen LogP contribution in [0.3, 0.4) is 0 Å². The average Bonchev–Trinajstić information content (AvgIpc) is 2.89. The fourth-order valence-corrected chi connectivity index (χ4v) is 4.37. The Morgan fingerprint density at radius 3 is 2.15 bits per heavy atom. The van der Waals surface area contributed by atoms with E-state index < -0.39 is 28.6 Å². The average molecular weight is 541 g/mol. The van der Waals surface area contributed by atoms with Gasteiger partial charge in [-0.1, -0.05) is 25.5 Å². The second-order valence-electron chi connectivity index (χ2n) is 8.38. The molecule has 0 amide bonds. The van der Waals surface area contributed by atoms with Crippen LogP contribution in [-0.2, 0) is 13.0 Å². The van der Waals surface area contributed by atoms with Crippen molar-refractivity contribution in [1.29, 1.82) is 0 Å². The van der Waals surface area contributed by atoms with Crippen LogP contribution in [0.1, 0.15) is 46.9 Å². The third-order valence-corrected chi connectivity index (χ3v) is 6.00. The molecule has 0 fully saturated rings. The van der Waals surface area contributed by atoms with Crippen LogP contribution in [0.25, 0.3) is 32.8 Å². The van der Waals surface area contributed by atoms with Crippen molar-refractivity contribution in [2.24, 2.45) is 0 Å². The molecule has 2 aromatic carbocycles. The first-order chi connectivity index (χ1) is 18.2. The number of carbonyl (C=O) groups is 2. The van der Waals surface area contributed by atoms with Crippen LogP contribution < -0.4 is 16.3 Å². The number of aromatic nitrogens is 1. The maximum atomic E-state index is 12.6. The molecule has 0 atom stereocenters. The Hall–Kier alpha value is -3.99. The Labute approximate surface area is 242 Å². The number of hydrogen-bond acceptors (Lipinski definition) is 7. The predicted molar refractivity (Wildman–Crippen MR) is 147 cm³/mol. The number of carboxylic acid groups (broad SMARTS) is 2. The van der Waals surface area contributed by atoms with Gasteiger partial charge in [0.05, 0.1) is 22.6 Å². The summed E-state index contributed by atoms with van der Waals surface area (Å²) in [7, 11) is 0. The fourth-order valence-electron chi connectivity index (χ4n) is 4.37. The zero-order valence-corrected chi connectivity index (χ0v) is 20.5. The summed E-state index contributed by atoms with van der Waals surface area (Å²) in [6, 6.07) is 11.9. The van der Waals surface area contributed by atoms with E-state index in [1.165, 1.54) is 23.0 Å². The molecule has 0 saturated heterocycles. The number of carboxylic acids is 2. The Balaban J connectivity index is 0.000000292. The third kappa shape index (κ3) is 5.73. The van der Waals surface area contributed by atoms with Gasteiger partial charge in [0.25, 0.3) is 0 Å². The second-order valence-corrected chi connectivity index (χ2v) is 8.38. The van der Waals surface area contributed by atoms with E-state index in [9.17, 15) is 34.2 Å². The number of pyridine rings is 1. The van der Waals surface area contributed by atoms with E-state index in [1.807, 2.05) is 19.1 Å². The molecule has 0 saturated carbocycles. The van der Waals surface area contributed by atoms with Gasteiger partial charge >= 0.3 is 41.5 Å². The van der Waals surface area contributed by atoms with E-state index in [2.05, 4.69) is 0 Å². The van der Waals surface area contributed by atoms with E-state index in [0.717, 1.165) is 12.1 Å². The maximum absolute atomic E-state index is 12.6. The molecule has 0 unspecified atom stereocenters. The topological polar surface area (TPSA) is 157 Å². The van der Waals surface area contributed by atoms with E-state index in [-0.39, 0.29) is 63.6 Å². The van der Waals surface area contributed by atoms with Crippen molar-refractivity contribution in [3.63, 3.8) is 0 Å². The number of rotatable bonds is 5. The molecule has 0 bridgehead atoms. The van der Waals surface area contributed by atoms with Crippen molar-refractivity contribution in [2.45, 2.75) is 33.2 Å². The number of hydrogen-bond donors (Lipinski definition) is 2. The molecular formula is C28H24NNaO9. The monoisotopic (exact) mass is 541 g/mol. The zero-order valence-electron chi connectivity index (χ0n) is 20.5. The Bertz CT molecular complexity index is 1890. The number of nitrogens with zero attached hydrogens (tertiary/aromatic N) is 1. The fraction of sp³-hybridized carbons (Fsp3) is 0.179. The van der Waals surface area contributed by atoms with Gasteiger partial charge in [-0.15, -0.1) is 0 Å². The number of benzene rings is 2. The van der Waals surface area contributed by atoms with Crippen LogP contribution >= 0.6 is 0 Å². The molecule has 10 nitrogen and oxygen atoms in total. The van der Waals surface area contributed by atoms with Gasteiger partial charge in [0, 0.05) is 35.7 Å². The van der Waals surface area contributed by atoms with Crippen molar-refractivity contribution in [1.82, 2.24) is 4.57 Å². The molecule has 2 N–H and O–H groups in total. The van der Waals surface area contributed by atoms with Gasteiger partial charge in [0.1, 0.15) is 16.9 Å². The van der Waals surface area contributed by atoms with Crippen LogP contribution in [0.5, 0.6) is 0 Å². The van der Waals surface area contributed by atoms with E-state index in [1.54, 1.807) is 19.1 Å². The summed E-state index contributed by atoms with van der Waals surface area (Å²) in [5.41, 5.74) is 0.245. The molecule has 0 radical (unpaired) electrons. The van der Waals surface area contributed by atoms with Gasteiger partial charge < -0.3 is 23.6 Å². The Morgan fingerprint density at radius 2 is 1.54 bits per heavy atom. The Kier molecular flexibility index (Phi) is 9.28. The molecule has 11 heteroatoms. The third-order valence-electron chi connectivity index (χ3n) is 6.00. The van der Waals surface area contributed by atoms with Crippen LogP contribution in [0, 0.1) is 0 Å². The molecule has 3 aromatic heterocycles. The molecule has 5 rings (SSSR count). The van der Waals surface area contributed by atoms with Gasteiger partial charge in [-0.05, 0) is 31.5 Å². The summed E-state index contributed by atoms with van der Waals surface area (Å²) < 4.78 is 12.0. The van der Waals surface area contributed by atoms with Crippen molar-refractivity contribution in [2.75, 3.05) is 0 Å². The van der Waals surface area contributed by atoms with E-state index in [4.69, 9.17) is 8.83 Å². The minimum absolute atomic E-state index is 0. The first-order valence-corrected chi connectivity index (χ1v) is 11.8. The Morgan fingerprint density at radius 1 is 0.846 bits per heavy atom. The summed E-state index contributed by atoms with van der Waals surface area (Å²) in [5, 5.41) is 19.6. The summed E-state index contributed by atoms with van der Waals surface area (Å²) in [6.45, 7) is 3.88. The summed E-state index contributed by atoms with van der Waals surface area (Å²) in [4.78, 5) is 59.0. The molecule has 0 aliphatic heterocycles. The summed E-state index contributed by atoms with van der Waals surface area (Å²) in [5.74, 6) is -3.15. The number of fused-ring (bicyclic) bond motifs is 3. The van der Waals surface area contributed by atoms with Gasteiger partial charge in [-0.25, -0.2) is 9.59 Å². The second kappa shape index (κ2) is 12.2. The molecule has 5 aromatic rings. The normalized spacial score (nSPS) is 10.6. The quantitative estimate of drug-likeness (QED) is 0.250. The molecule has 0 aliphatic carbocycles. The first kappa shape index (κ1) is 29.6. The standard InChI is InChI=1S/C19H17NO7.C9H6O2.Na.H/c1-3-5-9-16-10(13(21)7-12(18(23)24)20(16)4-2)6-11-14(22)8-15(19(25)26)27-17(9)11;10-8-5-6-11-9-4-2-1-3-7(8)9;;/h6-8H,3-5H2,1-2H3,(H,23,24)(H,25,26);1-6H;;. The van der Waals surface area contributed by atoms with Gasteiger partial charge in [-0.3, -0.25) is 14.4 Å². The molecule has 39 heavy (non-hydrogen) atoms. The van der Waals surface area contributed by atoms with E-state index >= 15 is 0 Å². The predicted octanol–water partition coefficient (Wildman–Crippen LogP) is 3.62. The summed E-state index contributed by atoms with van der Waals surface area (Å²) >= 11 is 0. The number of para-hydroxylation sites is 1. The number of aryl methyl sites for hydroxylation is 2. The molecule has 0 spiro atoms.